The van der Waals surface area contributed by atoms with Gasteiger partial charge < -0.3 is 20.5 Å². The molecule has 0 saturated carbocycles. The molecule has 3 aromatic rings. The van der Waals surface area contributed by atoms with E-state index in [1.807, 2.05) is 24.3 Å². The van der Waals surface area contributed by atoms with Gasteiger partial charge in [0.2, 0.25) is 5.91 Å². The maximum Gasteiger partial charge on any atom is 0.341 e. The van der Waals surface area contributed by atoms with Crippen LogP contribution in [-0.4, -0.2) is 44.4 Å². The van der Waals surface area contributed by atoms with Crippen molar-refractivity contribution in [3.63, 3.8) is 0 Å². The molecule has 0 fully saturated rings. The first-order valence-corrected chi connectivity index (χ1v) is 13.7. The predicted octanol–water partition coefficient (Wildman–Crippen LogP) is 4.57. The number of esters is 1. The van der Waals surface area contributed by atoms with Crippen LogP contribution in [0, 0.1) is 6.92 Å². The van der Waals surface area contributed by atoms with Crippen molar-refractivity contribution in [2.24, 2.45) is 5.73 Å². The molecule has 0 aliphatic heterocycles. The lowest BCUT2D eigenvalue weighted by atomic mass is 10.1. The highest BCUT2D eigenvalue weighted by molar-refractivity contribution is 9.10. The van der Waals surface area contributed by atoms with Crippen LogP contribution in [0.3, 0.4) is 0 Å². The molecule has 37 heavy (non-hydrogen) atoms. The Labute approximate surface area is 230 Å². The molecule has 0 saturated heterocycles. The summed E-state index contributed by atoms with van der Waals surface area (Å²) in [5, 5.41) is 11.8. The van der Waals surface area contributed by atoms with Crippen molar-refractivity contribution < 1.29 is 23.9 Å². The second-order valence-electron chi connectivity index (χ2n) is 7.96. The van der Waals surface area contributed by atoms with Gasteiger partial charge in [-0.1, -0.05) is 33.8 Å². The van der Waals surface area contributed by atoms with E-state index in [0.29, 0.717) is 28.8 Å². The molecule has 2 heterocycles. The minimum Gasteiger partial charge on any atom is -0.486 e. The minimum atomic E-state index is -0.689. The van der Waals surface area contributed by atoms with Crippen LogP contribution in [0.5, 0.6) is 5.75 Å². The summed E-state index contributed by atoms with van der Waals surface area (Å²) in [4.78, 5) is 37.4. The number of aromatic nitrogens is 3. The standard InChI is InChI=1S/C24H26BrN5O5S2/c1-5-10-30-17(11-34-16-8-6-15(25)7-9-16)28-29-24(30)36-12-18(31)27-22-19(23(33)35-13(2)3)14(4)20(37-22)21(26)32/h5-9,13H,1,10-12H2,2-4H3,(H2,26,32)(H,27,31). The minimum absolute atomic E-state index is 0.0234. The number of nitrogens with two attached hydrogens (primary N) is 1. The monoisotopic (exact) mass is 607 g/mol. The maximum atomic E-state index is 12.8. The number of allylic oxidation sites excluding steroid dienone is 1. The molecule has 0 spiro atoms. The highest BCUT2D eigenvalue weighted by atomic mass is 79.9. The number of amides is 2. The van der Waals surface area contributed by atoms with Crippen molar-refractivity contribution in [3.05, 3.63) is 63.2 Å². The Balaban J connectivity index is 1.70. The number of carbonyl (C=O) groups is 3. The molecular weight excluding hydrogens is 582 g/mol. The zero-order valence-corrected chi connectivity index (χ0v) is 23.7. The van der Waals surface area contributed by atoms with E-state index in [2.05, 4.69) is 38.0 Å². The first kappa shape index (κ1) is 28.4. The fourth-order valence-electron chi connectivity index (χ4n) is 3.17. The number of carbonyl (C=O) groups excluding carboxylic acids is 3. The van der Waals surface area contributed by atoms with Crippen molar-refractivity contribution in [1.29, 1.82) is 0 Å². The third-order valence-corrected chi connectivity index (χ3v) is 7.51. The highest BCUT2D eigenvalue weighted by Gasteiger charge is 2.26. The number of ether oxygens (including phenoxy) is 2. The van der Waals surface area contributed by atoms with E-state index in [1.54, 1.807) is 31.4 Å². The van der Waals surface area contributed by atoms with E-state index in [9.17, 15) is 14.4 Å². The normalized spacial score (nSPS) is 10.8. The molecule has 196 valence electrons. The van der Waals surface area contributed by atoms with Crippen molar-refractivity contribution in [2.45, 2.75) is 45.2 Å². The zero-order chi connectivity index (χ0) is 27.1. The summed E-state index contributed by atoms with van der Waals surface area (Å²) in [6.45, 7) is 9.39. The van der Waals surface area contributed by atoms with Gasteiger partial charge in [0.25, 0.3) is 5.91 Å². The van der Waals surface area contributed by atoms with Crippen LogP contribution in [0.2, 0.25) is 0 Å². The van der Waals surface area contributed by atoms with E-state index in [-0.39, 0.29) is 33.9 Å². The first-order valence-electron chi connectivity index (χ1n) is 11.1. The van der Waals surface area contributed by atoms with Gasteiger partial charge in [-0.05, 0) is 50.6 Å². The number of nitrogens with one attached hydrogen (secondary N) is 1. The Kier molecular flexibility index (Phi) is 9.89. The molecule has 3 N–H and O–H groups in total. The summed E-state index contributed by atoms with van der Waals surface area (Å²) >= 11 is 5.49. The molecule has 0 aliphatic rings. The highest BCUT2D eigenvalue weighted by Crippen LogP contribution is 2.34. The first-order chi connectivity index (χ1) is 17.6. The second kappa shape index (κ2) is 12.9. The number of hydrogen-bond acceptors (Lipinski definition) is 9. The largest absolute Gasteiger partial charge is 0.486 e. The van der Waals surface area contributed by atoms with Crippen molar-refractivity contribution in [2.75, 3.05) is 11.1 Å². The van der Waals surface area contributed by atoms with E-state index in [4.69, 9.17) is 15.2 Å². The van der Waals surface area contributed by atoms with E-state index >= 15 is 0 Å². The molecule has 0 unspecified atom stereocenters. The number of rotatable bonds is 12. The summed E-state index contributed by atoms with van der Waals surface area (Å²) < 4.78 is 13.8. The Hall–Kier alpha value is -3.16. The zero-order valence-electron chi connectivity index (χ0n) is 20.4. The third-order valence-electron chi connectivity index (χ3n) is 4.79. The summed E-state index contributed by atoms with van der Waals surface area (Å²) in [6, 6.07) is 7.41. The van der Waals surface area contributed by atoms with E-state index in [1.165, 1.54) is 11.8 Å². The third kappa shape index (κ3) is 7.43. The van der Waals surface area contributed by atoms with Gasteiger partial charge in [0, 0.05) is 11.0 Å². The molecule has 3 rings (SSSR count). The van der Waals surface area contributed by atoms with E-state index < -0.39 is 17.8 Å². The summed E-state index contributed by atoms with van der Waals surface area (Å²) in [7, 11) is 0. The Morgan fingerprint density at radius 1 is 1.27 bits per heavy atom. The maximum absolute atomic E-state index is 12.8. The van der Waals surface area contributed by atoms with Crippen molar-refractivity contribution >= 4 is 61.8 Å². The van der Waals surface area contributed by atoms with Crippen molar-refractivity contribution in [1.82, 2.24) is 14.8 Å². The van der Waals surface area contributed by atoms with Gasteiger partial charge in [-0.25, -0.2) is 4.79 Å². The van der Waals surface area contributed by atoms with E-state index in [0.717, 1.165) is 15.8 Å². The molecule has 0 radical (unpaired) electrons. The Bertz CT molecular complexity index is 1300. The van der Waals surface area contributed by atoms with Crippen molar-refractivity contribution in [3.8, 4) is 5.75 Å². The fraction of sp³-hybridized carbons (Fsp3) is 0.292. The van der Waals surface area contributed by atoms with Crippen LogP contribution < -0.4 is 15.8 Å². The SMILES string of the molecule is C=CCn1c(COc2ccc(Br)cc2)nnc1SCC(=O)Nc1sc(C(N)=O)c(C)c1C(=O)OC(C)C. The lowest BCUT2D eigenvalue weighted by Crippen LogP contribution is -2.18. The smallest absolute Gasteiger partial charge is 0.341 e. The number of benzene rings is 1. The number of halogens is 1. The number of nitrogens with zero attached hydrogens (tertiary/aromatic N) is 3. The predicted molar refractivity (Wildman–Crippen MR) is 146 cm³/mol. The fourth-order valence-corrected chi connectivity index (χ4v) is 5.27. The van der Waals surface area contributed by atoms with Gasteiger partial charge in [0.05, 0.1) is 22.3 Å². The quantitative estimate of drug-likeness (QED) is 0.173. The summed E-state index contributed by atoms with van der Waals surface area (Å²) in [5.41, 5.74) is 5.93. The van der Waals surface area contributed by atoms with Gasteiger partial charge in [-0.2, -0.15) is 0 Å². The summed E-state index contributed by atoms with van der Waals surface area (Å²) in [6.07, 6.45) is 1.32. The molecule has 10 nitrogen and oxygen atoms in total. The number of thioether (sulfide) groups is 1. The topological polar surface area (TPSA) is 138 Å². The van der Waals surface area contributed by atoms with Gasteiger partial charge in [-0.3, -0.25) is 14.2 Å². The number of thiophene rings is 1. The van der Waals surface area contributed by atoms with Crippen LogP contribution in [0.1, 0.15) is 45.3 Å². The van der Waals surface area contributed by atoms with Crippen LogP contribution >= 0.6 is 39.0 Å². The lowest BCUT2D eigenvalue weighted by Gasteiger charge is -2.11. The summed E-state index contributed by atoms with van der Waals surface area (Å²) in [5.74, 6) is -0.499. The molecule has 0 atom stereocenters. The number of hydrogen-bond donors (Lipinski definition) is 2. The molecular formula is C24H26BrN5O5S2. The van der Waals surface area contributed by atoms with Crippen LogP contribution in [0.25, 0.3) is 0 Å². The average Bonchev–Trinajstić information content (AvgIpc) is 3.37. The molecule has 1 aromatic carbocycles. The molecule has 13 heteroatoms. The van der Waals surface area contributed by atoms with Crippen LogP contribution in [0.15, 0.2) is 46.5 Å². The number of anilines is 1. The Morgan fingerprint density at radius 2 is 1.97 bits per heavy atom. The van der Waals surface area contributed by atoms with Crippen LogP contribution in [0.4, 0.5) is 5.00 Å². The molecule has 0 bridgehead atoms. The van der Waals surface area contributed by atoms with Gasteiger partial charge in [0.15, 0.2) is 11.0 Å². The number of primary amides is 1. The van der Waals surface area contributed by atoms with Gasteiger partial charge in [-0.15, -0.1) is 28.1 Å². The molecule has 2 aromatic heterocycles. The van der Waals surface area contributed by atoms with Crippen LogP contribution in [-0.2, 0) is 22.7 Å². The average molecular weight is 609 g/mol. The van der Waals surface area contributed by atoms with Gasteiger partial charge >= 0.3 is 5.97 Å². The molecule has 2 amide bonds. The Morgan fingerprint density at radius 3 is 2.59 bits per heavy atom. The van der Waals surface area contributed by atoms with Gasteiger partial charge in [0.1, 0.15) is 17.4 Å². The lowest BCUT2D eigenvalue weighted by molar-refractivity contribution is -0.113. The second-order valence-corrected chi connectivity index (χ2v) is 10.8. The molecule has 0 aliphatic carbocycles.